The highest BCUT2D eigenvalue weighted by atomic mass is 35.5. The maximum atomic E-state index is 12.2. The van der Waals surface area contributed by atoms with Crippen molar-refractivity contribution >= 4 is 17.8 Å². The fourth-order valence-corrected chi connectivity index (χ4v) is 5.79. The molecule has 2 N–H and O–H groups in total. The molecule has 1 aliphatic rings. The van der Waals surface area contributed by atoms with Crippen molar-refractivity contribution in [2.24, 2.45) is 13.0 Å². The van der Waals surface area contributed by atoms with Crippen molar-refractivity contribution in [3.63, 3.8) is 0 Å². The number of carboxylic acid groups (broad SMARTS) is 2. The topological polar surface area (TPSA) is 114 Å². The van der Waals surface area contributed by atoms with Crippen molar-refractivity contribution in [2.75, 3.05) is 13.2 Å². The van der Waals surface area contributed by atoms with E-state index in [2.05, 4.69) is 43.0 Å². The molecule has 1 fully saturated rings. The minimum absolute atomic E-state index is 0.210. The van der Waals surface area contributed by atoms with Gasteiger partial charge < -0.3 is 19.5 Å². The summed E-state index contributed by atoms with van der Waals surface area (Å²) in [5.74, 6) is 1.51. The number of carbonyl (C=O) groups is 1. The van der Waals surface area contributed by atoms with Gasteiger partial charge >= 0.3 is 11.8 Å². The molecule has 10 heteroatoms. The molecule has 0 saturated heterocycles. The van der Waals surface area contributed by atoms with E-state index in [9.17, 15) is 9.59 Å². The van der Waals surface area contributed by atoms with Crippen molar-refractivity contribution in [2.45, 2.75) is 71.5 Å². The van der Waals surface area contributed by atoms with E-state index in [0.29, 0.717) is 6.04 Å². The molecule has 9 nitrogen and oxygen atoms in total. The third-order valence-corrected chi connectivity index (χ3v) is 7.99. The van der Waals surface area contributed by atoms with E-state index < -0.39 is 6.16 Å². The highest BCUT2D eigenvalue weighted by Gasteiger charge is 2.24. The number of rotatable bonds is 11. The SMILES string of the molecule is CCC(c1ccc(Cl)cc1)N(Cc1ccc(OCCn2c(=O)ccn(C)c2=O)c(C)c1)CC1CCCCC1.O=C(O)O. The lowest BCUT2D eigenvalue weighted by atomic mass is 9.88. The second kappa shape index (κ2) is 16.2. The van der Waals surface area contributed by atoms with E-state index in [0.717, 1.165) is 41.8 Å². The van der Waals surface area contributed by atoms with Gasteiger partial charge in [0.2, 0.25) is 0 Å². The minimum atomic E-state index is -1.83. The molecule has 0 amide bonds. The number of benzene rings is 2. The number of aromatic nitrogens is 2. The number of ether oxygens (including phenoxy) is 1. The van der Waals surface area contributed by atoms with E-state index in [-0.39, 0.29) is 24.4 Å². The Labute approximate surface area is 251 Å². The lowest BCUT2D eigenvalue weighted by Gasteiger charge is -2.36. The van der Waals surface area contributed by atoms with Crippen LogP contribution in [0.4, 0.5) is 4.79 Å². The summed E-state index contributed by atoms with van der Waals surface area (Å²) >= 11 is 6.19. The lowest BCUT2D eigenvalue weighted by Crippen LogP contribution is -2.39. The zero-order valence-electron chi connectivity index (χ0n) is 24.7. The van der Waals surface area contributed by atoms with Gasteiger partial charge in [0.05, 0.1) is 6.54 Å². The Balaban J connectivity index is 0.00000114. The Morgan fingerprint density at radius 2 is 1.74 bits per heavy atom. The molecular weight excluding hydrogens is 558 g/mol. The summed E-state index contributed by atoms with van der Waals surface area (Å²) in [7, 11) is 1.63. The van der Waals surface area contributed by atoms with E-state index in [1.165, 1.54) is 64.6 Å². The van der Waals surface area contributed by atoms with E-state index in [1.54, 1.807) is 7.05 Å². The molecule has 0 bridgehead atoms. The summed E-state index contributed by atoms with van der Waals surface area (Å²) in [5, 5.41) is 14.7. The first-order chi connectivity index (χ1) is 20.1. The van der Waals surface area contributed by atoms with Crippen molar-refractivity contribution in [3.05, 3.63) is 97.3 Å². The summed E-state index contributed by atoms with van der Waals surface area (Å²) < 4.78 is 8.59. The summed E-state index contributed by atoms with van der Waals surface area (Å²) in [6.45, 7) is 6.74. The normalized spacial score (nSPS) is 14.2. The number of hydrogen-bond donors (Lipinski definition) is 2. The Morgan fingerprint density at radius 1 is 1.07 bits per heavy atom. The molecule has 1 aliphatic carbocycles. The van der Waals surface area contributed by atoms with E-state index >= 15 is 0 Å². The predicted molar refractivity (Wildman–Crippen MR) is 165 cm³/mol. The van der Waals surface area contributed by atoms with Crippen LogP contribution in [0.5, 0.6) is 5.75 Å². The largest absolute Gasteiger partial charge is 0.503 e. The molecule has 228 valence electrons. The van der Waals surface area contributed by atoms with Gasteiger partial charge in [-0.05, 0) is 67.0 Å². The van der Waals surface area contributed by atoms with Crippen LogP contribution in [-0.2, 0) is 20.1 Å². The average Bonchev–Trinajstić information content (AvgIpc) is 2.95. The number of hydrogen-bond acceptors (Lipinski definition) is 5. The fraction of sp³-hybridized carbons (Fsp3) is 0.469. The van der Waals surface area contributed by atoms with Crippen LogP contribution < -0.4 is 16.0 Å². The maximum Gasteiger partial charge on any atom is 0.503 e. The molecule has 1 saturated carbocycles. The predicted octanol–water partition coefficient (Wildman–Crippen LogP) is 6.34. The van der Waals surface area contributed by atoms with E-state index in [1.807, 2.05) is 18.2 Å². The number of nitrogens with zero attached hydrogens (tertiary/aromatic N) is 3. The summed E-state index contributed by atoms with van der Waals surface area (Å²) in [4.78, 5) is 35.5. The number of halogens is 1. The minimum Gasteiger partial charge on any atom is -0.491 e. The molecule has 42 heavy (non-hydrogen) atoms. The molecular formula is C32H42ClN3O6. The Morgan fingerprint density at radius 3 is 2.36 bits per heavy atom. The summed E-state index contributed by atoms with van der Waals surface area (Å²) in [6.07, 6.45) is 7.34. The van der Waals surface area contributed by atoms with Crippen molar-refractivity contribution in [1.29, 1.82) is 0 Å². The van der Waals surface area contributed by atoms with Crippen molar-refractivity contribution < 1.29 is 19.7 Å². The van der Waals surface area contributed by atoms with Crippen LogP contribution in [0, 0.1) is 12.8 Å². The van der Waals surface area contributed by atoms with Gasteiger partial charge in [-0.25, -0.2) is 9.59 Å². The van der Waals surface area contributed by atoms with Gasteiger partial charge in [0.15, 0.2) is 0 Å². The smallest absolute Gasteiger partial charge is 0.491 e. The third-order valence-electron chi connectivity index (χ3n) is 7.74. The molecule has 4 rings (SSSR count). The van der Waals surface area contributed by atoms with Crippen LogP contribution in [0.2, 0.25) is 5.02 Å². The Bertz CT molecular complexity index is 1410. The molecule has 2 aromatic carbocycles. The average molecular weight is 600 g/mol. The Kier molecular flexibility index (Phi) is 12.7. The molecule has 3 aromatic rings. The Hall–Kier alpha value is -3.56. The highest BCUT2D eigenvalue weighted by Crippen LogP contribution is 2.32. The molecule has 0 spiro atoms. The third kappa shape index (κ3) is 9.77. The molecule has 0 radical (unpaired) electrons. The second-order valence-corrected chi connectivity index (χ2v) is 11.3. The molecule has 1 heterocycles. The fourth-order valence-electron chi connectivity index (χ4n) is 5.67. The number of aryl methyl sites for hydroxylation is 2. The van der Waals surface area contributed by atoms with Gasteiger partial charge in [0.25, 0.3) is 5.56 Å². The molecule has 0 aliphatic heterocycles. The van der Waals surface area contributed by atoms with Gasteiger partial charge in [0.1, 0.15) is 12.4 Å². The summed E-state index contributed by atoms with van der Waals surface area (Å²) in [6, 6.07) is 16.4. The molecule has 1 unspecified atom stereocenters. The van der Waals surface area contributed by atoms with Gasteiger partial charge in [-0.1, -0.05) is 62.1 Å². The monoisotopic (exact) mass is 599 g/mol. The van der Waals surface area contributed by atoms with Gasteiger partial charge in [-0.15, -0.1) is 0 Å². The van der Waals surface area contributed by atoms with Gasteiger partial charge in [-0.2, -0.15) is 0 Å². The lowest BCUT2D eigenvalue weighted by molar-refractivity contribution is 0.136. The standard InChI is InChI=1S/C31H40ClN3O3.CH2O3/c1-4-28(26-11-13-27(32)14-12-26)34(21-24-8-6-5-7-9-24)22-25-10-15-29(23(2)20-25)38-19-18-35-30(36)16-17-33(3)31(35)37;2-1(3)4/h10-17,20,24,28H,4-9,18-19,21-22H2,1-3H3;(H2,2,3,4). The van der Waals surface area contributed by atoms with Crippen LogP contribution >= 0.6 is 11.6 Å². The molecule has 1 atom stereocenters. The molecule has 1 aromatic heterocycles. The maximum absolute atomic E-state index is 12.2. The zero-order valence-corrected chi connectivity index (χ0v) is 25.4. The van der Waals surface area contributed by atoms with Crippen molar-refractivity contribution in [1.82, 2.24) is 14.0 Å². The van der Waals surface area contributed by atoms with Gasteiger partial charge in [0, 0.05) is 43.5 Å². The highest BCUT2D eigenvalue weighted by molar-refractivity contribution is 6.30. The van der Waals surface area contributed by atoms with Crippen LogP contribution in [0.1, 0.15) is 68.2 Å². The zero-order chi connectivity index (χ0) is 30.6. The first kappa shape index (κ1) is 32.9. The van der Waals surface area contributed by atoms with Crippen LogP contribution in [0.15, 0.2) is 64.3 Å². The van der Waals surface area contributed by atoms with Crippen LogP contribution in [0.25, 0.3) is 0 Å². The summed E-state index contributed by atoms with van der Waals surface area (Å²) in [5.41, 5.74) is 2.97. The van der Waals surface area contributed by atoms with Gasteiger partial charge in [-0.3, -0.25) is 14.3 Å². The quantitative estimate of drug-likeness (QED) is 0.264. The first-order valence-electron chi connectivity index (χ1n) is 14.5. The van der Waals surface area contributed by atoms with Crippen LogP contribution in [0.3, 0.4) is 0 Å². The van der Waals surface area contributed by atoms with Crippen LogP contribution in [-0.4, -0.2) is 43.6 Å². The first-order valence-corrected chi connectivity index (χ1v) is 14.9. The van der Waals surface area contributed by atoms with E-state index in [4.69, 9.17) is 31.3 Å². The second-order valence-electron chi connectivity index (χ2n) is 10.8. The van der Waals surface area contributed by atoms with Crippen molar-refractivity contribution in [3.8, 4) is 5.75 Å².